The standard InChI is InChI=1S/C14H18FNO2/c1-3-9-16(13(4-2)14(17)18)10-11-7-5-6-8-12(11)15/h3,5-8,13H,1,4,9-10H2,2H3,(H,17,18). The predicted octanol–water partition coefficient (Wildman–Crippen LogP) is 2.68. The summed E-state index contributed by atoms with van der Waals surface area (Å²) in [5, 5.41) is 9.15. The number of halogens is 1. The molecule has 0 aliphatic carbocycles. The van der Waals surface area contributed by atoms with E-state index >= 15 is 0 Å². The summed E-state index contributed by atoms with van der Waals surface area (Å²) in [5.41, 5.74) is 0.499. The number of nitrogens with zero attached hydrogens (tertiary/aromatic N) is 1. The third kappa shape index (κ3) is 3.67. The van der Waals surface area contributed by atoms with Gasteiger partial charge in [0, 0.05) is 18.7 Å². The highest BCUT2D eigenvalue weighted by atomic mass is 19.1. The Kier molecular flexibility index (Phi) is 5.52. The van der Waals surface area contributed by atoms with Crippen LogP contribution in [-0.2, 0) is 11.3 Å². The van der Waals surface area contributed by atoms with E-state index in [2.05, 4.69) is 6.58 Å². The lowest BCUT2D eigenvalue weighted by molar-refractivity contribution is -0.143. The van der Waals surface area contributed by atoms with E-state index in [1.807, 2.05) is 0 Å². The first-order valence-electron chi connectivity index (χ1n) is 5.91. The second kappa shape index (κ2) is 6.91. The maximum atomic E-state index is 13.6. The van der Waals surface area contributed by atoms with Crippen LogP contribution in [0.15, 0.2) is 36.9 Å². The first-order chi connectivity index (χ1) is 8.60. The minimum atomic E-state index is -0.893. The molecular formula is C14H18FNO2. The highest BCUT2D eigenvalue weighted by molar-refractivity contribution is 5.73. The third-order valence-electron chi connectivity index (χ3n) is 2.81. The second-order valence-electron chi connectivity index (χ2n) is 4.07. The number of carbonyl (C=O) groups is 1. The second-order valence-corrected chi connectivity index (χ2v) is 4.07. The van der Waals surface area contributed by atoms with Crippen LogP contribution in [0.1, 0.15) is 18.9 Å². The maximum absolute atomic E-state index is 13.6. The van der Waals surface area contributed by atoms with Gasteiger partial charge >= 0.3 is 5.97 Å². The van der Waals surface area contributed by atoms with Crippen molar-refractivity contribution in [2.75, 3.05) is 6.54 Å². The zero-order valence-corrected chi connectivity index (χ0v) is 10.5. The summed E-state index contributed by atoms with van der Waals surface area (Å²) in [7, 11) is 0. The van der Waals surface area contributed by atoms with Crippen LogP contribution in [0.25, 0.3) is 0 Å². The average Bonchev–Trinajstić information content (AvgIpc) is 2.32. The molecule has 3 nitrogen and oxygen atoms in total. The number of rotatable bonds is 7. The van der Waals surface area contributed by atoms with E-state index in [1.165, 1.54) is 6.07 Å². The van der Waals surface area contributed by atoms with Crippen molar-refractivity contribution < 1.29 is 14.3 Å². The SMILES string of the molecule is C=CCN(Cc1ccccc1F)C(CC)C(=O)O. The average molecular weight is 251 g/mol. The monoisotopic (exact) mass is 251 g/mol. The number of carboxylic acids is 1. The Labute approximate surface area is 107 Å². The molecule has 1 aromatic rings. The van der Waals surface area contributed by atoms with Crippen LogP contribution in [-0.4, -0.2) is 28.6 Å². The minimum Gasteiger partial charge on any atom is -0.480 e. The van der Waals surface area contributed by atoms with Gasteiger partial charge in [0.25, 0.3) is 0 Å². The van der Waals surface area contributed by atoms with Crippen LogP contribution in [0.5, 0.6) is 0 Å². The Morgan fingerprint density at radius 3 is 2.72 bits per heavy atom. The first kappa shape index (κ1) is 14.4. The number of benzene rings is 1. The Hall–Kier alpha value is -1.68. The van der Waals surface area contributed by atoms with Crippen LogP contribution in [0.4, 0.5) is 4.39 Å². The van der Waals surface area contributed by atoms with Gasteiger partial charge in [-0.1, -0.05) is 31.2 Å². The van der Waals surface area contributed by atoms with E-state index in [9.17, 15) is 9.18 Å². The molecule has 0 heterocycles. The molecule has 0 aromatic heterocycles. The molecule has 1 atom stereocenters. The van der Waals surface area contributed by atoms with Crippen molar-refractivity contribution in [3.05, 3.63) is 48.3 Å². The highest BCUT2D eigenvalue weighted by Gasteiger charge is 2.23. The van der Waals surface area contributed by atoms with Gasteiger partial charge in [-0.2, -0.15) is 0 Å². The molecule has 4 heteroatoms. The summed E-state index contributed by atoms with van der Waals surface area (Å²) in [5.74, 6) is -1.21. The zero-order valence-electron chi connectivity index (χ0n) is 10.5. The van der Waals surface area contributed by atoms with E-state index in [0.717, 1.165) is 0 Å². The predicted molar refractivity (Wildman–Crippen MR) is 68.7 cm³/mol. The summed E-state index contributed by atoms with van der Waals surface area (Å²) < 4.78 is 13.6. The van der Waals surface area contributed by atoms with Crippen LogP contribution < -0.4 is 0 Å². The summed E-state index contributed by atoms with van der Waals surface area (Å²) in [6, 6.07) is 5.78. The fourth-order valence-corrected chi connectivity index (χ4v) is 1.90. The van der Waals surface area contributed by atoms with Gasteiger partial charge in [0.15, 0.2) is 0 Å². The molecule has 0 aliphatic rings. The first-order valence-corrected chi connectivity index (χ1v) is 5.91. The molecule has 98 valence electrons. The van der Waals surface area contributed by atoms with Crippen molar-refractivity contribution in [3.8, 4) is 0 Å². The van der Waals surface area contributed by atoms with E-state index in [-0.39, 0.29) is 12.4 Å². The summed E-state index contributed by atoms with van der Waals surface area (Å²) in [6.07, 6.45) is 2.10. The Bertz CT molecular complexity index is 420. The van der Waals surface area contributed by atoms with Gasteiger partial charge in [-0.15, -0.1) is 6.58 Å². The molecule has 18 heavy (non-hydrogen) atoms. The maximum Gasteiger partial charge on any atom is 0.320 e. The van der Waals surface area contributed by atoms with Crippen molar-refractivity contribution >= 4 is 5.97 Å². The molecule has 0 saturated carbocycles. The smallest absolute Gasteiger partial charge is 0.320 e. The van der Waals surface area contributed by atoms with Gasteiger partial charge in [0.05, 0.1) is 0 Å². The molecule has 1 aromatic carbocycles. The summed E-state index contributed by atoms with van der Waals surface area (Å²) in [6.45, 7) is 6.10. The molecule has 0 fully saturated rings. The Morgan fingerprint density at radius 1 is 1.56 bits per heavy atom. The summed E-state index contributed by atoms with van der Waals surface area (Å²) in [4.78, 5) is 12.9. The van der Waals surface area contributed by atoms with Crippen molar-refractivity contribution in [3.63, 3.8) is 0 Å². The number of hydrogen-bond acceptors (Lipinski definition) is 2. The Morgan fingerprint density at radius 2 is 2.22 bits per heavy atom. The molecule has 1 rings (SSSR count). The minimum absolute atomic E-state index is 0.267. The molecular weight excluding hydrogens is 233 g/mol. The van der Waals surface area contributed by atoms with E-state index < -0.39 is 12.0 Å². The number of hydrogen-bond donors (Lipinski definition) is 1. The number of aliphatic carboxylic acids is 1. The Balaban J connectivity index is 2.89. The van der Waals surface area contributed by atoms with Crippen LogP contribution in [0.3, 0.4) is 0 Å². The van der Waals surface area contributed by atoms with E-state index in [4.69, 9.17) is 5.11 Å². The quantitative estimate of drug-likeness (QED) is 0.757. The lowest BCUT2D eigenvalue weighted by Crippen LogP contribution is -2.40. The molecule has 0 amide bonds. The van der Waals surface area contributed by atoms with E-state index in [1.54, 1.807) is 36.1 Å². The van der Waals surface area contributed by atoms with Crippen LogP contribution in [0.2, 0.25) is 0 Å². The summed E-state index contributed by atoms with van der Waals surface area (Å²) >= 11 is 0. The molecule has 0 saturated heterocycles. The lowest BCUT2D eigenvalue weighted by Gasteiger charge is -2.27. The highest BCUT2D eigenvalue weighted by Crippen LogP contribution is 2.14. The molecule has 0 aliphatic heterocycles. The molecule has 0 radical (unpaired) electrons. The molecule has 0 spiro atoms. The molecule has 1 N–H and O–H groups in total. The lowest BCUT2D eigenvalue weighted by atomic mass is 10.1. The van der Waals surface area contributed by atoms with Crippen molar-refractivity contribution in [2.45, 2.75) is 25.9 Å². The van der Waals surface area contributed by atoms with Crippen LogP contribution >= 0.6 is 0 Å². The van der Waals surface area contributed by atoms with Crippen molar-refractivity contribution in [2.24, 2.45) is 0 Å². The fourth-order valence-electron chi connectivity index (χ4n) is 1.90. The van der Waals surface area contributed by atoms with Crippen molar-refractivity contribution in [1.82, 2.24) is 4.90 Å². The van der Waals surface area contributed by atoms with E-state index in [0.29, 0.717) is 18.5 Å². The van der Waals surface area contributed by atoms with Crippen molar-refractivity contribution in [1.29, 1.82) is 0 Å². The van der Waals surface area contributed by atoms with Gasteiger partial charge in [0.2, 0.25) is 0 Å². The molecule has 1 unspecified atom stereocenters. The van der Waals surface area contributed by atoms with Gasteiger partial charge in [0.1, 0.15) is 11.9 Å². The topological polar surface area (TPSA) is 40.5 Å². The zero-order chi connectivity index (χ0) is 13.5. The number of carboxylic acid groups (broad SMARTS) is 1. The van der Waals surface area contributed by atoms with Gasteiger partial charge < -0.3 is 5.11 Å². The molecule has 0 bridgehead atoms. The largest absolute Gasteiger partial charge is 0.480 e. The third-order valence-corrected chi connectivity index (χ3v) is 2.81. The fraction of sp³-hybridized carbons (Fsp3) is 0.357. The van der Waals surface area contributed by atoms with Gasteiger partial charge in [-0.05, 0) is 12.5 Å². The normalized spacial score (nSPS) is 12.4. The van der Waals surface area contributed by atoms with Crippen LogP contribution in [0, 0.1) is 5.82 Å². The van der Waals surface area contributed by atoms with Gasteiger partial charge in [-0.25, -0.2) is 4.39 Å². The van der Waals surface area contributed by atoms with Gasteiger partial charge in [-0.3, -0.25) is 9.69 Å².